The van der Waals surface area contributed by atoms with Crippen molar-refractivity contribution in [2.75, 3.05) is 0 Å². The lowest BCUT2D eigenvalue weighted by atomic mass is 9.38. The quantitative estimate of drug-likeness (QED) is 0.422. The van der Waals surface area contributed by atoms with Crippen LogP contribution in [0, 0.1) is 56.7 Å². The number of aryl methyl sites for hydroxylation is 1. The van der Waals surface area contributed by atoms with Crippen LogP contribution in [0.2, 0.25) is 0 Å². The molecule has 5 aliphatic carbocycles. The first-order valence-corrected chi connectivity index (χ1v) is 15.0. The van der Waals surface area contributed by atoms with Gasteiger partial charge in [-0.1, -0.05) is 65.3 Å². The van der Waals surface area contributed by atoms with Crippen molar-refractivity contribution in [1.29, 1.82) is 5.26 Å². The number of nitriles is 1. The average molecular weight is 530 g/mol. The fourth-order valence-corrected chi connectivity index (χ4v) is 10.3. The second-order valence-corrected chi connectivity index (χ2v) is 15.1. The highest BCUT2D eigenvalue weighted by Crippen LogP contribution is 2.70. The number of ketones is 2. The van der Waals surface area contributed by atoms with Crippen molar-refractivity contribution in [2.24, 2.45) is 45.3 Å². The summed E-state index contributed by atoms with van der Waals surface area (Å²) in [5.41, 5.74) is 0.0538. The van der Waals surface area contributed by atoms with Crippen molar-refractivity contribution in [3.05, 3.63) is 35.0 Å². The predicted molar refractivity (Wildman–Crippen MR) is 147 cm³/mol. The first-order valence-electron chi connectivity index (χ1n) is 15.0. The van der Waals surface area contributed by atoms with Crippen molar-refractivity contribution in [2.45, 2.75) is 105 Å². The van der Waals surface area contributed by atoms with Crippen LogP contribution in [0.15, 0.2) is 27.8 Å². The molecule has 0 saturated heterocycles. The Kier molecular flexibility index (Phi) is 5.63. The number of carbonyl (C=O) groups excluding carboxylic acids is 2. The Hall–Kier alpha value is -2.55. The molecule has 3 saturated carbocycles. The Morgan fingerprint density at radius 1 is 1.03 bits per heavy atom. The van der Waals surface area contributed by atoms with E-state index in [1.807, 2.05) is 32.9 Å². The monoisotopic (exact) mass is 529 g/mol. The maximum absolute atomic E-state index is 14.4. The molecule has 39 heavy (non-hydrogen) atoms. The van der Waals surface area contributed by atoms with Gasteiger partial charge in [0.25, 0.3) is 0 Å². The van der Waals surface area contributed by atoms with Gasteiger partial charge in [-0.2, -0.15) is 10.2 Å². The summed E-state index contributed by atoms with van der Waals surface area (Å²) in [6.07, 6.45) is 11.5. The number of aromatic nitrogens is 2. The molecule has 7 atom stereocenters. The van der Waals surface area contributed by atoms with Gasteiger partial charge in [0.2, 0.25) is 5.89 Å². The van der Waals surface area contributed by atoms with Crippen LogP contribution in [-0.2, 0) is 21.4 Å². The first-order chi connectivity index (χ1) is 18.2. The Morgan fingerprint density at radius 3 is 2.44 bits per heavy atom. The minimum atomic E-state index is -0.638. The summed E-state index contributed by atoms with van der Waals surface area (Å²) in [7, 11) is 0. The number of allylic oxidation sites excluding steroid dienone is 4. The number of nitrogens with zero attached hydrogens (tertiary/aromatic N) is 3. The van der Waals surface area contributed by atoms with Crippen LogP contribution in [-0.4, -0.2) is 21.7 Å². The van der Waals surface area contributed by atoms with Crippen molar-refractivity contribution < 1.29 is 14.1 Å². The third-order valence-corrected chi connectivity index (χ3v) is 12.3. The lowest BCUT2D eigenvalue weighted by Crippen LogP contribution is -2.61. The maximum atomic E-state index is 14.4. The van der Waals surface area contributed by atoms with E-state index in [0.29, 0.717) is 12.3 Å². The van der Waals surface area contributed by atoms with E-state index in [4.69, 9.17) is 9.51 Å². The molecule has 0 bridgehead atoms. The smallest absolute Gasteiger partial charge is 0.226 e. The van der Waals surface area contributed by atoms with Gasteiger partial charge < -0.3 is 4.52 Å². The van der Waals surface area contributed by atoms with E-state index in [1.54, 1.807) is 0 Å². The highest BCUT2D eigenvalue weighted by Gasteiger charge is 2.66. The van der Waals surface area contributed by atoms with E-state index >= 15 is 0 Å². The molecule has 6 nitrogen and oxygen atoms in total. The van der Waals surface area contributed by atoms with Crippen molar-refractivity contribution in [3.8, 4) is 6.07 Å². The lowest BCUT2D eigenvalue weighted by molar-refractivity contribution is -0.141. The fourth-order valence-electron chi connectivity index (χ4n) is 10.3. The van der Waals surface area contributed by atoms with Crippen LogP contribution in [0.1, 0.15) is 105 Å². The summed E-state index contributed by atoms with van der Waals surface area (Å²) in [6.45, 7) is 15.3. The molecule has 1 aromatic heterocycles. The van der Waals surface area contributed by atoms with Gasteiger partial charge in [0.15, 0.2) is 17.4 Å². The second kappa shape index (κ2) is 8.24. The number of hydrogen-bond donors (Lipinski definition) is 0. The Labute approximate surface area is 232 Å². The molecule has 0 aromatic carbocycles. The normalized spacial score (nSPS) is 42.2. The SMILES string of the molecule is CCc1nc(C23CCC4C(C(=O)C=C5C6(C)C=C(C#N)C(=O)C(C)(C)C6CCC54C)C2CC(C)(C)CC3)no1. The zero-order chi connectivity index (χ0) is 28.2. The lowest BCUT2D eigenvalue weighted by Gasteiger charge is -2.64. The van der Waals surface area contributed by atoms with Gasteiger partial charge in [0, 0.05) is 28.6 Å². The number of fused-ring (bicyclic) bond motifs is 7. The van der Waals surface area contributed by atoms with Gasteiger partial charge in [0.1, 0.15) is 6.07 Å². The second-order valence-electron chi connectivity index (χ2n) is 15.1. The molecule has 1 heterocycles. The van der Waals surface area contributed by atoms with Gasteiger partial charge in [0.05, 0.1) is 5.57 Å². The molecule has 6 rings (SSSR count). The van der Waals surface area contributed by atoms with Gasteiger partial charge >= 0.3 is 0 Å². The molecule has 5 aliphatic rings. The van der Waals surface area contributed by atoms with Gasteiger partial charge in [-0.25, -0.2) is 0 Å². The van der Waals surface area contributed by atoms with Crippen molar-refractivity contribution in [1.82, 2.24) is 10.1 Å². The molecule has 0 N–H and O–H groups in total. The van der Waals surface area contributed by atoms with E-state index in [0.717, 1.165) is 56.3 Å². The third-order valence-electron chi connectivity index (χ3n) is 12.3. The zero-order valence-corrected chi connectivity index (χ0v) is 24.7. The standard InChI is InChI=1S/C33H43N3O3/c1-8-25-35-28(36-39-25)33-12-9-20-26(21(33)17-29(2,3)13-14-33)22(37)15-24-31(20,6)11-10-23-30(4,5)27(38)19(18-34)16-32(23,24)7/h15-16,20-21,23,26H,8-14,17H2,1-7H3. The number of hydrogen-bond acceptors (Lipinski definition) is 6. The average Bonchev–Trinajstić information content (AvgIpc) is 3.37. The minimum absolute atomic E-state index is 0.0601. The number of carbonyl (C=O) groups is 2. The molecule has 0 aliphatic heterocycles. The van der Waals surface area contributed by atoms with Crippen LogP contribution in [0.5, 0.6) is 0 Å². The fraction of sp³-hybridized carbons (Fsp3) is 0.727. The molecule has 6 heteroatoms. The van der Waals surface area contributed by atoms with Crippen LogP contribution < -0.4 is 0 Å². The Balaban J connectivity index is 1.49. The van der Waals surface area contributed by atoms with E-state index < -0.39 is 10.8 Å². The molecule has 1 aromatic rings. The Morgan fingerprint density at radius 2 is 1.77 bits per heavy atom. The predicted octanol–water partition coefficient (Wildman–Crippen LogP) is 6.71. The van der Waals surface area contributed by atoms with E-state index in [9.17, 15) is 14.9 Å². The molecule has 0 radical (unpaired) electrons. The number of rotatable bonds is 2. The summed E-state index contributed by atoms with van der Waals surface area (Å²) in [6, 6.07) is 2.20. The van der Waals surface area contributed by atoms with Crippen molar-refractivity contribution >= 4 is 11.6 Å². The van der Waals surface area contributed by atoms with Crippen LogP contribution in [0.25, 0.3) is 0 Å². The van der Waals surface area contributed by atoms with Crippen LogP contribution in [0.4, 0.5) is 0 Å². The minimum Gasteiger partial charge on any atom is -0.339 e. The van der Waals surface area contributed by atoms with Crippen molar-refractivity contribution in [3.63, 3.8) is 0 Å². The van der Waals surface area contributed by atoms with Gasteiger partial charge in [-0.05, 0) is 79.6 Å². The molecule has 0 amide bonds. The molecular weight excluding hydrogens is 486 g/mol. The molecular formula is C33H43N3O3. The van der Waals surface area contributed by atoms with Gasteiger partial charge in [-0.3, -0.25) is 9.59 Å². The summed E-state index contributed by atoms with van der Waals surface area (Å²) < 4.78 is 5.63. The van der Waals surface area contributed by atoms with E-state index in [-0.39, 0.29) is 57.1 Å². The Bertz CT molecular complexity index is 1360. The molecule has 7 unspecified atom stereocenters. The first kappa shape index (κ1) is 26.7. The maximum Gasteiger partial charge on any atom is 0.226 e. The zero-order valence-electron chi connectivity index (χ0n) is 24.7. The molecule has 208 valence electrons. The third kappa shape index (κ3) is 3.44. The summed E-state index contributed by atoms with van der Waals surface area (Å²) >= 11 is 0. The molecule has 3 fully saturated rings. The highest BCUT2D eigenvalue weighted by atomic mass is 16.5. The summed E-state index contributed by atoms with van der Waals surface area (Å²) in [5, 5.41) is 14.4. The van der Waals surface area contributed by atoms with E-state index in [1.165, 1.54) is 0 Å². The summed E-state index contributed by atoms with van der Waals surface area (Å²) in [5.74, 6) is 2.05. The highest BCUT2D eigenvalue weighted by molar-refractivity contribution is 6.04. The topological polar surface area (TPSA) is 96.8 Å². The van der Waals surface area contributed by atoms with Crippen LogP contribution >= 0.6 is 0 Å². The molecule has 0 spiro atoms. The van der Waals surface area contributed by atoms with Gasteiger partial charge in [-0.15, -0.1) is 0 Å². The summed E-state index contributed by atoms with van der Waals surface area (Å²) in [4.78, 5) is 32.5. The number of Topliss-reactive ketones (excluding diaryl/α,β-unsaturated/α-hetero) is 1. The largest absolute Gasteiger partial charge is 0.339 e. The van der Waals surface area contributed by atoms with Crippen LogP contribution in [0.3, 0.4) is 0 Å². The van der Waals surface area contributed by atoms with E-state index in [2.05, 4.69) is 38.9 Å².